The molecule has 1 amide bonds. The van der Waals surface area contributed by atoms with Crippen molar-refractivity contribution in [3.63, 3.8) is 0 Å². The molecule has 1 saturated heterocycles. The molecule has 1 heterocycles. The molecule has 1 rings (SSSR count). The van der Waals surface area contributed by atoms with Crippen molar-refractivity contribution < 1.29 is 27.4 Å². The van der Waals surface area contributed by atoms with Crippen LogP contribution in [0.2, 0.25) is 0 Å². The Balaban J connectivity index is 2.53. The number of piperidine rings is 1. The lowest BCUT2D eigenvalue weighted by atomic mass is 10.1. The average Bonchev–Trinajstić information content (AvgIpc) is 2.05. The molecule has 2 atom stereocenters. The van der Waals surface area contributed by atoms with Gasteiger partial charge in [0.05, 0.1) is 0 Å². The fourth-order valence-electron chi connectivity index (χ4n) is 1.38. The van der Waals surface area contributed by atoms with Gasteiger partial charge in [0.2, 0.25) is 0 Å². The zero-order valence-corrected chi connectivity index (χ0v) is 7.71. The number of carbonyl (C=O) groups excluding carboxylic acids is 1. The zero-order valence-electron chi connectivity index (χ0n) is 7.71. The third kappa shape index (κ3) is 4.34. The molecular formula is C7H11F3N2O3. The summed E-state index contributed by atoms with van der Waals surface area (Å²) in [7, 11) is 0. The lowest BCUT2D eigenvalue weighted by molar-refractivity contribution is -0.352. The minimum Gasteiger partial charge on any atom is -0.442 e. The van der Waals surface area contributed by atoms with E-state index < -0.39 is 24.7 Å². The molecule has 3 N–H and O–H groups in total. The second kappa shape index (κ2) is 4.67. The molecule has 0 saturated carbocycles. The Kier molecular flexibility index (Phi) is 3.75. The minimum absolute atomic E-state index is 0.101. The Bertz CT molecular complexity index is 234. The van der Waals surface area contributed by atoms with Crippen LogP contribution in [0.4, 0.5) is 18.0 Å². The standard InChI is InChI=1S/C7H11F3N2O3/c8-7(9,10)15-4-1-2-12-3-5(4)14-6(11)13/h4-5,12H,1-3H2,(H2,11,13)/t4-,5+/m1/s1. The van der Waals surface area contributed by atoms with Crippen LogP contribution in [0.3, 0.4) is 0 Å². The van der Waals surface area contributed by atoms with Crippen LogP contribution in [0.1, 0.15) is 6.42 Å². The van der Waals surface area contributed by atoms with Crippen molar-refractivity contribution in [2.24, 2.45) is 5.73 Å². The predicted molar refractivity (Wildman–Crippen MR) is 42.9 cm³/mol. The quantitative estimate of drug-likeness (QED) is 0.715. The van der Waals surface area contributed by atoms with Gasteiger partial charge in [-0.2, -0.15) is 0 Å². The molecule has 15 heavy (non-hydrogen) atoms. The molecule has 88 valence electrons. The molecule has 0 aromatic carbocycles. The summed E-state index contributed by atoms with van der Waals surface area (Å²) in [6.45, 7) is 0.475. The van der Waals surface area contributed by atoms with E-state index in [-0.39, 0.29) is 13.0 Å². The van der Waals surface area contributed by atoms with Crippen molar-refractivity contribution in [3.8, 4) is 0 Å². The summed E-state index contributed by atoms with van der Waals surface area (Å²) < 4.78 is 44.1. The van der Waals surface area contributed by atoms with Gasteiger partial charge in [0, 0.05) is 6.54 Å². The van der Waals surface area contributed by atoms with Crippen LogP contribution in [-0.4, -0.2) is 37.8 Å². The first-order valence-corrected chi connectivity index (χ1v) is 4.30. The van der Waals surface area contributed by atoms with Gasteiger partial charge in [-0.05, 0) is 13.0 Å². The van der Waals surface area contributed by atoms with Gasteiger partial charge in [0.1, 0.15) is 12.2 Å². The summed E-state index contributed by atoms with van der Waals surface area (Å²) in [6.07, 6.45) is -7.94. The zero-order chi connectivity index (χ0) is 11.5. The SMILES string of the molecule is NC(=O)O[C@H]1CNCC[C@H]1OC(F)(F)F. The van der Waals surface area contributed by atoms with Crippen LogP contribution in [0.25, 0.3) is 0 Å². The number of carbonyl (C=O) groups is 1. The first-order valence-electron chi connectivity index (χ1n) is 4.30. The molecule has 0 aromatic heterocycles. The number of ether oxygens (including phenoxy) is 2. The molecular weight excluding hydrogens is 217 g/mol. The maximum absolute atomic E-state index is 11.9. The number of hydrogen-bond acceptors (Lipinski definition) is 4. The van der Waals surface area contributed by atoms with Crippen LogP contribution in [-0.2, 0) is 9.47 Å². The van der Waals surface area contributed by atoms with E-state index in [9.17, 15) is 18.0 Å². The smallest absolute Gasteiger partial charge is 0.442 e. The highest BCUT2D eigenvalue weighted by Gasteiger charge is 2.39. The van der Waals surface area contributed by atoms with Crippen molar-refractivity contribution >= 4 is 6.09 Å². The summed E-state index contributed by atoms with van der Waals surface area (Å²) in [5, 5.41) is 2.78. The van der Waals surface area contributed by atoms with E-state index >= 15 is 0 Å². The summed E-state index contributed by atoms with van der Waals surface area (Å²) in [5.41, 5.74) is 4.72. The molecule has 0 spiro atoms. The Morgan fingerprint density at radius 3 is 2.60 bits per heavy atom. The highest BCUT2D eigenvalue weighted by molar-refractivity contribution is 5.64. The molecule has 1 aliphatic heterocycles. The number of nitrogens with one attached hydrogen (secondary N) is 1. The van der Waals surface area contributed by atoms with E-state index in [0.717, 1.165) is 0 Å². The average molecular weight is 228 g/mol. The lowest BCUT2D eigenvalue weighted by Gasteiger charge is -2.31. The van der Waals surface area contributed by atoms with Gasteiger partial charge in [0.15, 0.2) is 0 Å². The van der Waals surface area contributed by atoms with E-state index in [0.29, 0.717) is 6.54 Å². The largest absolute Gasteiger partial charge is 0.522 e. The molecule has 0 bridgehead atoms. The number of hydrogen-bond donors (Lipinski definition) is 2. The molecule has 0 aliphatic carbocycles. The van der Waals surface area contributed by atoms with Gasteiger partial charge in [0.25, 0.3) is 0 Å². The number of amides is 1. The Morgan fingerprint density at radius 2 is 2.07 bits per heavy atom. The summed E-state index contributed by atoms with van der Waals surface area (Å²) in [4.78, 5) is 10.4. The first-order chi connectivity index (χ1) is 6.88. The predicted octanol–water partition coefficient (Wildman–Crippen LogP) is 0.349. The minimum atomic E-state index is -4.73. The van der Waals surface area contributed by atoms with E-state index in [1.807, 2.05) is 0 Å². The van der Waals surface area contributed by atoms with Crippen LogP contribution >= 0.6 is 0 Å². The number of alkyl halides is 3. The monoisotopic (exact) mass is 228 g/mol. The molecule has 1 fully saturated rings. The number of rotatable bonds is 2. The molecule has 5 nitrogen and oxygen atoms in total. The van der Waals surface area contributed by atoms with Crippen LogP contribution in [0.5, 0.6) is 0 Å². The van der Waals surface area contributed by atoms with E-state index in [4.69, 9.17) is 5.73 Å². The maximum Gasteiger partial charge on any atom is 0.522 e. The Hall–Kier alpha value is -1.02. The van der Waals surface area contributed by atoms with E-state index in [2.05, 4.69) is 14.8 Å². The molecule has 8 heteroatoms. The summed E-state index contributed by atoms with van der Waals surface area (Å²) in [6, 6.07) is 0. The molecule has 1 aliphatic rings. The van der Waals surface area contributed by atoms with Crippen molar-refractivity contribution in [1.29, 1.82) is 0 Å². The van der Waals surface area contributed by atoms with Gasteiger partial charge in [-0.25, -0.2) is 4.79 Å². The highest BCUT2D eigenvalue weighted by atomic mass is 19.4. The molecule has 0 radical (unpaired) electrons. The van der Waals surface area contributed by atoms with Crippen molar-refractivity contribution in [3.05, 3.63) is 0 Å². The normalized spacial score (nSPS) is 27.4. The van der Waals surface area contributed by atoms with Crippen LogP contribution in [0.15, 0.2) is 0 Å². The van der Waals surface area contributed by atoms with Crippen LogP contribution < -0.4 is 11.1 Å². The van der Waals surface area contributed by atoms with Gasteiger partial charge in [-0.1, -0.05) is 0 Å². The topological polar surface area (TPSA) is 73.6 Å². The third-order valence-corrected chi connectivity index (χ3v) is 1.92. The van der Waals surface area contributed by atoms with Crippen LogP contribution in [0, 0.1) is 0 Å². The summed E-state index contributed by atoms with van der Waals surface area (Å²) >= 11 is 0. The Morgan fingerprint density at radius 1 is 1.40 bits per heavy atom. The third-order valence-electron chi connectivity index (χ3n) is 1.92. The molecule has 0 aromatic rings. The maximum atomic E-state index is 11.9. The van der Waals surface area contributed by atoms with Gasteiger partial charge >= 0.3 is 12.5 Å². The molecule has 0 unspecified atom stereocenters. The second-order valence-corrected chi connectivity index (χ2v) is 3.07. The summed E-state index contributed by atoms with van der Waals surface area (Å²) in [5.74, 6) is 0. The van der Waals surface area contributed by atoms with E-state index in [1.54, 1.807) is 0 Å². The number of primary amides is 1. The number of halogens is 3. The lowest BCUT2D eigenvalue weighted by Crippen LogP contribution is -2.49. The van der Waals surface area contributed by atoms with Crippen molar-refractivity contribution in [2.75, 3.05) is 13.1 Å². The van der Waals surface area contributed by atoms with E-state index in [1.165, 1.54) is 0 Å². The first kappa shape index (κ1) is 12.1. The highest BCUT2D eigenvalue weighted by Crippen LogP contribution is 2.24. The fraction of sp³-hybridized carbons (Fsp3) is 0.857. The second-order valence-electron chi connectivity index (χ2n) is 3.07. The number of nitrogens with two attached hydrogens (primary N) is 1. The van der Waals surface area contributed by atoms with Gasteiger partial charge < -0.3 is 15.8 Å². The Labute approximate surface area is 83.7 Å². The fourth-order valence-corrected chi connectivity index (χ4v) is 1.38. The van der Waals surface area contributed by atoms with Gasteiger partial charge in [-0.3, -0.25) is 4.74 Å². The van der Waals surface area contributed by atoms with Crippen molar-refractivity contribution in [2.45, 2.75) is 25.0 Å². The van der Waals surface area contributed by atoms with Gasteiger partial charge in [-0.15, -0.1) is 13.2 Å². The van der Waals surface area contributed by atoms with Crippen molar-refractivity contribution in [1.82, 2.24) is 5.32 Å².